The van der Waals surface area contributed by atoms with Crippen molar-refractivity contribution in [3.05, 3.63) is 58.3 Å². The Kier molecular flexibility index (Phi) is 7.05. The van der Waals surface area contributed by atoms with Crippen molar-refractivity contribution in [1.82, 2.24) is 15.1 Å². The van der Waals surface area contributed by atoms with E-state index >= 15 is 0 Å². The fraction of sp³-hybridized carbons (Fsp3) is 0.500. The highest BCUT2D eigenvalue weighted by Gasteiger charge is 2.45. The summed E-state index contributed by atoms with van der Waals surface area (Å²) in [5.41, 5.74) is 1.24. The molecule has 2 N–H and O–H groups in total. The summed E-state index contributed by atoms with van der Waals surface area (Å²) in [4.78, 5) is 29.4. The summed E-state index contributed by atoms with van der Waals surface area (Å²) in [6.07, 6.45) is 2.99. The Morgan fingerprint density at radius 2 is 1.90 bits per heavy atom. The molecule has 2 atom stereocenters. The molecule has 0 saturated carbocycles. The van der Waals surface area contributed by atoms with Gasteiger partial charge in [-0.05, 0) is 53.6 Å². The zero-order valence-electron chi connectivity index (χ0n) is 17.8. The molecule has 0 spiro atoms. The first-order chi connectivity index (χ1) is 15.1. The number of rotatable bonds is 7. The first-order valence-corrected chi connectivity index (χ1v) is 12.1. The molecule has 2 saturated heterocycles. The number of β-amino-alcohol motifs (C(OH)–C–C–N with tert-alkyl or cyclic N) is 1. The van der Waals surface area contributed by atoms with Crippen LogP contribution in [0, 0.1) is 0 Å². The zero-order chi connectivity index (χ0) is 21.7. The molecule has 166 valence electrons. The van der Waals surface area contributed by atoms with E-state index in [2.05, 4.69) is 10.7 Å². The number of nitrogens with one attached hydrogen (secondary N) is 1. The average molecular weight is 442 g/mol. The molecule has 1 aromatic carbocycles. The van der Waals surface area contributed by atoms with E-state index in [1.165, 1.54) is 0 Å². The SMILES string of the molecule is O=C(CCc1ccsc1)N[C@]1(c2ccccc2)CCN(CC(=O)N2CCCC2)C[C@H]1O. The van der Waals surface area contributed by atoms with Crippen LogP contribution < -0.4 is 5.32 Å². The van der Waals surface area contributed by atoms with Gasteiger partial charge >= 0.3 is 0 Å². The molecule has 1 aromatic heterocycles. The van der Waals surface area contributed by atoms with E-state index in [1.54, 1.807) is 11.3 Å². The maximum absolute atomic E-state index is 12.9. The Labute approximate surface area is 187 Å². The van der Waals surface area contributed by atoms with Crippen molar-refractivity contribution in [3.8, 4) is 0 Å². The molecule has 2 aromatic rings. The van der Waals surface area contributed by atoms with Crippen LogP contribution in [-0.2, 0) is 21.5 Å². The Morgan fingerprint density at radius 1 is 1.13 bits per heavy atom. The first kappa shape index (κ1) is 22.0. The number of amides is 2. The van der Waals surface area contributed by atoms with Crippen LogP contribution in [0.25, 0.3) is 0 Å². The second kappa shape index (κ2) is 9.94. The van der Waals surface area contributed by atoms with E-state index in [9.17, 15) is 14.7 Å². The largest absolute Gasteiger partial charge is 0.389 e. The zero-order valence-corrected chi connectivity index (χ0v) is 18.7. The summed E-state index contributed by atoms with van der Waals surface area (Å²) in [7, 11) is 0. The maximum Gasteiger partial charge on any atom is 0.236 e. The van der Waals surface area contributed by atoms with Crippen molar-refractivity contribution < 1.29 is 14.7 Å². The molecule has 0 radical (unpaired) electrons. The summed E-state index contributed by atoms with van der Waals surface area (Å²) < 4.78 is 0. The third kappa shape index (κ3) is 5.17. The van der Waals surface area contributed by atoms with Crippen LogP contribution in [0.3, 0.4) is 0 Å². The molecule has 0 bridgehead atoms. The third-order valence-corrected chi connectivity index (χ3v) is 7.24. The number of carbonyl (C=O) groups excluding carboxylic acids is 2. The number of nitrogens with zero attached hydrogens (tertiary/aromatic N) is 2. The minimum Gasteiger partial charge on any atom is -0.389 e. The number of hydrogen-bond acceptors (Lipinski definition) is 5. The van der Waals surface area contributed by atoms with E-state index in [0.717, 1.165) is 37.1 Å². The molecule has 6 nitrogen and oxygen atoms in total. The molecule has 4 rings (SSSR count). The predicted octanol–water partition coefficient (Wildman–Crippen LogP) is 2.38. The highest BCUT2D eigenvalue weighted by atomic mass is 32.1. The van der Waals surface area contributed by atoms with Gasteiger partial charge in [0, 0.05) is 32.6 Å². The van der Waals surface area contributed by atoms with Gasteiger partial charge in [-0.1, -0.05) is 30.3 Å². The van der Waals surface area contributed by atoms with Crippen molar-refractivity contribution in [3.63, 3.8) is 0 Å². The Balaban J connectivity index is 1.44. The fourth-order valence-corrected chi connectivity index (χ4v) is 5.39. The monoisotopic (exact) mass is 441 g/mol. The van der Waals surface area contributed by atoms with Gasteiger partial charge in [0.15, 0.2) is 0 Å². The van der Waals surface area contributed by atoms with Gasteiger partial charge in [-0.2, -0.15) is 11.3 Å². The van der Waals surface area contributed by atoms with Crippen LogP contribution in [0.4, 0.5) is 0 Å². The maximum atomic E-state index is 12.9. The van der Waals surface area contributed by atoms with E-state index in [1.807, 2.05) is 51.6 Å². The van der Waals surface area contributed by atoms with Gasteiger partial charge in [0.2, 0.25) is 11.8 Å². The smallest absolute Gasteiger partial charge is 0.236 e. The topological polar surface area (TPSA) is 72.9 Å². The van der Waals surface area contributed by atoms with Crippen LogP contribution in [0.5, 0.6) is 0 Å². The summed E-state index contributed by atoms with van der Waals surface area (Å²) in [5, 5.41) is 18.5. The van der Waals surface area contributed by atoms with Crippen molar-refractivity contribution in [2.45, 2.75) is 43.7 Å². The van der Waals surface area contributed by atoms with E-state index < -0.39 is 11.6 Å². The molecule has 2 fully saturated rings. The number of aryl methyl sites for hydroxylation is 1. The number of hydrogen-bond donors (Lipinski definition) is 2. The van der Waals surface area contributed by atoms with Crippen LogP contribution in [-0.4, -0.2) is 65.5 Å². The Hall–Kier alpha value is -2.22. The molecular weight excluding hydrogens is 410 g/mol. The Morgan fingerprint density at radius 3 is 2.58 bits per heavy atom. The van der Waals surface area contributed by atoms with Crippen molar-refractivity contribution >= 4 is 23.2 Å². The average Bonchev–Trinajstić information content (AvgIpc) is 3.49. The molecule has 3 heterocycles. The van der Waals surface area contributed by atoms with E-state index in [-0.39, 0.29) is 11.8 Å². The number of aliphatic hydroxyl groups excluding tert-OH is 1. The van der Waals surface area contributed by atoms with Crippen LogP contribution in [0.15, 0.2) is 47.2 Å². The lowest BCUT2D eigenvalue weighted by Crippen LogP contribution is -2.62. The molecule has 2 aliphatic rings. The number of piperidine rings is 1. The molecule has 7 heteroatoms. The van der Waals surface area contributed by atoms with Crippen molar-refractivity contribution in [2.75, 3.05) is 32.7 Å². The van der Waals surface area contributed by atoms with Gasteiger partial charge in [-0.25, -0.2) is 0 Å². The van der Waals surface area contributed by atoms with Gasteiger partial charge in [-0.3, -0.25) is 14.5 Å². The van der Waals surface area contributed by atoms with Crippen molar-refractivity contribution in [1.29, 1.82) is 0 Å². The number of aliphatic hydroxyl groups is 1. The second-order valence-corrected chi connectivity index (χ2v) is 9.39. The minimum absolute atomic E-state index is 0.0595. The van der Waals surface area contributed by atoms with Gasteiger partial charge in [-0.15, -0.1) is 0 Å². The molecule has 0 unspecified atom stereocenters. The van der Waals surface area contributed by atoms with Gasteiger partial charge in [0.25, 0.3) is 0 Å². The molecule has 0 aliphatic carbocycles. The summed E-state index contributed by atoms with van der Waals surface area (Å²) in [5.74, 6) is 0.0763. The van der Waals surface area contributed by atoms with Crippen LogP contribution >= 0.6 is 11.3 Å². The second-order valence-electron chi connectivity index (χ2n) is 8.61. The standard InChI is InChI=1S/C24H31N3O3S/c28-21-16-26(17-23(30)27-12-4-5-13-27)14-11-24(21,20-6-2-1-3-7-20)25-22(29)9-8-19-10-15-31-18-19/h1-3,6-7,10,15,18,21,28H,4-5,8-9,11-14,16-17H2,(H,25,29)/t21-,24+/m1/s1. The predicted molar refractivity (Wildman–Crippen MR) is 122 cm³/mol. The molecule has 2 aliphatic heterocycles. The lowest BCUT2D eigenvalue weighted by Gasteiger charge is -2.46. The molecular formula is C24H31N3O3S. The third-order valence-electron chi connectivity index (χ3n) is 6.51. The van der Waals surface area contributed by atoms with Gasteiger partial charge in [0.05, 0.1) is 18.2 Å². The fourth-order valence-electron chi connectivity index (χ4n) is 4.69. The van der Waals surface area contributed by atoms with E-state index in [4.69, 9.17) is 0 Å². The number of thiophene rings is 1. The van der Waals surface area contributed by atoms with E-state index in [0.29, 0.717) is 38.9 Å². The quantitative estimate of drug-likeness (QED) is 0.692. The van der Waals surface area contributed by atoms with Crippen LogP contribution in [0.2, 0.25) is 0 Å². The lowest BCUT2D eigenvalue weighted by molar-refractivity contribution is -0.134. The molecule has 31 heavy (non-hydrogen) atoms. The Bertz CT molecular complexity index is 867. The first-order valence-electron chi connectivity index (χ1n) is 11.1. The lowest BCUT2D eigenvalue weighted by atomic mass is 9.78. The summed E-state index contributed by atoms with van der Waals surface area (Å²) >= 11 is 1.63. The highest BCUT2D eigenvalue weighted by Crippen LogP contribution is 2.33. The van der Waals surface area contributed by atoms with Crippen LogP contribution in [0.1, 0.15) is 36.8 Å². The van der Waals surface area contributed by atoms with Gasteiger partial charge in [0.1, 0.15) is 0 Å². The highest BCUT2D eigenvalue weighted by molar-refractivity contribution is 7.07. The number of benzene rings is 1. The normalized spacial score (nSPS) is 24.3. The summed E-state index contributed by atoms with van der Waals surface area (Å²) in [6, 6.07) is 11.8. The van der Waals surface area contributed by atoms with Gasteiger partial charge < -0.3 is 15.3 Å². The number of likely N-dealkylation sites (tertiary alicyclic amines) is 2. The number of carbonyl (C=O) groups is 2. The van der Waals surface area contributed by atoms with Crippen molar-refractivity contribution in [2.24, 2.45) is 0 Å². The molecule has 2 amide bonds. The minimum atomic E-state index is -0.833. The summed E-state index contributed by atoms with van der Waals surface area (Å²) in [6.45, 7) is 3.01.